The Labute approximate surface area is 138 Å². The lowest BCUT2D eigenvalue weighted by atomic mass is 9.95. The van der Waals surface area contributed by atoms with Crippen molar-refractivity contribution in [1.82, 2.24) is 4.90 Å². The molecule has 2 N–H and O–H groups in total. The first-order valence-corrected chi connectivity index (χ1v) is 9.60. The standard InChI is InChI=1S/C15H22BrClN2S/c16-11-8-14(20-15(11)17)13(9-18)19-7-3-6-12(19)10-4-1-2-5-10/h8,10,12-13H,1-7,9,18H2. The van der Waals surface area contributed by atoms with Crippen LogP contribution in [-0.2, 0) is 0 Å². The summed E-state index contributed by atoms with van der Waals surface area (Å²) in [6.07, 6.45) is 8.32. The van der Waals surface area contributed by atoms with E-state index in [0.29, 0.717) is 12.6 Å². The summed E-state index contributed by atoms with van der Waals surface area (Å²) in [6.45, 7) is 1.88. The van der Waals surface area contributed by atoms with E-state index in [4.69, 9.17) is 17.3 Å². The molecule has 20 heavy (non-hydrogen) atoms. The van der Waals surface area contributed by atoms with Crippen LogP contribution < -0.4 is 5.73 Å². The summed E-state index contributed by atoms with van der Waals surface area (Å²) in [5.74, 6) is 0.894. The normalized spacial score (nSPS) is 26.4. The van der Waals surface area contributed by atoms with Gasteiger partial charge in [-0.2, -0.15) is 0 Å². The number of halogens is 2. The van der Waals surface area contributed by atoms with E-state index in [1.54, 1.807) is 11.3 Å². The zero-order chi connectivity index (χ0) is 14.1. The zero-order valence-electron chi connectivity index (χ0n) is 11.7. The van der Waals surface area contributed by atoms with Crippen molar-refractivity contribution < 1.29 is 0 Å². The predicted octanol–water partition coefficient (Wildman–Crippen LogP) is 4.82. The molecule has 1 aromatic rings. The molecule has 1 saturated carbocycles. The van der Waals surface area contributed by atoms with Gasteiger partial charge in [0, 0.05) is 21.9 Å². The van der Waals surface area contributed by atoms with Crippen molar-refractivity contribution in [2.45, 2.75) is 50.6 Å². The lowest BCUT2D eigenvalue weighted by Gasteiger charge is -2.35. The highest BCUT2D eigenvalue weighted by Gasteiger charge is 2.37. The first-order valence-electron chi connectivity index (χ1n) is 7.61. The Morgan fingerprint density at radius 2 is 2.10 bits per heavy atom. The highest BCUT2D eigenvalue weighted by Crippen LogP contribution is 2.42. The van der Waals surface area contributed by atoms with Gasteiger partial charge in [-0.15, -0.1) is 11.3 Å². The number of hydrogen-bond donors (Lipinski definition) is 1. The molecule has 2 fully saturated rings. The summed E-state index contributed by atoms with van der Waals surface area (Å²) in [6, 6.07) is 3.25. The number of likely N-dealkylation sites (tertiary alicyclic amines) is 1. The average molecular weight is 378 g/mol. The van der Waals surface area contributed by atoms with Gasteiger partial charge in [-0.25, -0.2) is 0 Å². The van der Waals surface area contributed by atoms with Crippen LogP contribution in [0, 0.1) is 5.92 Å². The minimum atomic E-state index is 0.344. The minimum Gasteiger partial charge on any atom is -0.329 e. The van der Waals surface area contributed by atoms with E-state index in [2.05, 4.69) is 26.9 Å². The zero-order valence-corrected chi connectivity index (χ0v) is 14.8. The summed E-state index contributed by atoms with van der Waals surface area (Å²) in [4.78, 5) is 3.99. The maximum atomic E-state index is 6.21. The number of hydrogen-bond acceptors (Lipinski definition) is 3. The molecule has 0 amide bonds. The summed E-state index contributed by atoms with van der Waals surface area (Å²) in [5, 5.41) is 0. The average Bonchev–Trinajstić information content (AvgIpc) is 3.13. The van der Waals surface area contributed by atoms with Crippen LogP contribution in [-0.4, -0.2) is 24.0 Å². The van der Waals surface area contributed by atoms with E-state index in [0.717, 1.165) is 20.8 Å². The Balaban J connectivity index is 1.80. The van der Waals surface area contributed by atoms with Crippen LogP contribution in [0.2, 0.25) is 4.34 Å². The number of thiophene rings is 1. The topological polar surface area (TPSA) is 29.3 Å². The predicted molar refractivity (Wildman–Crippen MR) is 90.5 cm³/mol. The molecular weight excluding hydrogens is 356 g/mol. The fourth-order valence-corrected chi connectivity index (χ4v) is 5.86. The Kier molecular flexibility index (Phi) is 5.09. The molecule has 2 unspecified atom stereocenters. The lowest BCUT2D eigenvalue weighted by Crippen LogP contribution is -2.40. The third-order valence-corrected chi connectivity index (χ3v) is 7.48. The lowest BCUT2D eigenvalue weighted by molar-refractivity contribution is 0.140. The molecule has 1 aliphatic carbocycles. The molecule has 0 aromatic carbocycles. The van der Waals surface area contributed by atoms with Gasteiger partial charge in [-0.05, 0) is 60.1 Å². The van der Waals surface area contributed by atoms with Gasteiger partial charge in [0.1, 0.15) is 4.34 Å². The third-order valence-electron chi connectivity index (χ3n) is 4.90. The van der Waals surface area contributed by atoms with Crippen LogP contribution in [0.15, 0.2) is 10.5 Å². The Morgan fingerprint density at radius 3 is 2.70 bits per heavy atom. The van der Waals surface area contributed by atoms with Crippen molar-refractivity contribution in [3.8, 4) is 0 Å². The molecule has 1 aliphatic heterocycles. The van der Waals surface area contributed by atoms with Gasteiger partial charge in [-0.3, -0.25) is 4.90 Å². The monoisotopic (exact) mass is 376 g/mol. The number of rotatable bonds is 4. The van der Waals surface area contributed by atoms with E-state index in [1.165, 1.54) is 49.9 Å². The molecule has 112 valence electrons. The molecule has 2 atom stereocenters. The van der Waals surface area contributed by atoms with Crippen molar-refractivity contribution in [2.24, 2.45) is 11.7 Å². The molecule has 0 bridgehead atoms. The van der Waals surface area contributed by atoms with Crippen LogP contribution in [0.25, 0.3) is 0 Å². The second kappa shape index (κ2) is 6.66. The Bertz CT molecular complexity index is 439. The van der Waals surface area contributed by atoms with Crippen LogP contribution in [0.5, 0.6) is 0 Å². The SMILES string of the molecule is NCC(c1cc(Br)c(Cl)s1)N1CCCC1C1CCCC1. The summed E-state index contributed by atoms with van der Waals surface area (Å²) in [5.41, 5.74) is 6.11. The molecule has 1 saturated heterocycles. The van der Waals surface area contributed by atoms with E-state index in [-0.39, 0.29) is 0 Å². The van der Waals surface area contributed by atoms with Gasteiger partial charge < -0.3 is 5.73 Å². The second-order valence-corrected chi connectivity index (χ2v) is 8.55. The fraction of sp³-hybridized carbons (Fsp3) is 0.733. The maximum Gasteiger partial charge on any atom is 0.107 e. The molecule has 2 nitrogen and oxygen atoms in total. The van der Waals surface area contributed by atoms with Gasteiger partial charge >= 0.3 is 0 Å². The fourth-order valence-electron chi connectivity index (χ4n) is 3.99. The van der Waals surface area contributed by atoms with Crippen molar-refractivity contribution in [2.75, 3.05) is 13.1 Å². The maximum absolute atomic E-state index is 6.21. The molecule has 0 spiro atoms. The minimum absolute atomic E-state index is 0.344. The smallest absolute Gasteiger partial charge is 0.107 e. The molecule has 3 rings (SSSR count). The van der Waals surface area contributed by atoms with E-state index >= 15 is 0 Å². The first kappa shape index (κ1) is 15.3. The summed E-state index contributed by atoms with van der Waals surface area (Å²) < 4.78 is 1.85. The molecular formula is C15H22BrClN2S. The third kappa shape index (κ3) is 2.95. The highest BCUT2D eigenvalue weighted by atomic mass is 79.9. The first-order chi connectivity index (χ1) is 9.70. The van der Waals surface area contributed by atoms with E-state index < -0.39 is 0 Å². The number of nitrogens with zero attached hydrogens (tertiary/aromatic N) is 1. The quantitative estimate of drug-likeness (QED) is 0.815. The van der Waals surface area contributed by atoms with Crippen molar-refractivity contribution in [3.05, 3.63) is 19.8 Å². The van der Waals surface area contributed by atoms with Gasteiger partial charge in [-0.1, -0.05) is 24.4 Å². The second-order valence-electron chi connectivity index (χ2n) is 6.01. The Morgan fingerprint density at radius 1 is 1.35 bits per heavy atom. The van der Waals surface area contributed by atoms with Crippen LogP contribution in [0.1, 0.15) is 49.4 Å². The molecule has 2 heterocycles. The van der Waals surface area contributed by atoms with Crippen molar-refractivity contribution in [3.63, 3.8) is 0 Å². The van der Waals surface area contributed by atoms with Crippen molar-refractivity contribution in [1.29, 1.82) is 0 Å². The van der Waals surface area contributed by atoms with Crippen LogP contribution >= 0.6 is 38.9 Å². The van der Waals surface area contributed by atoms with E-state index in [9.17, 15) is 0 Å². The summed E-state index contributed by atoms with van der Waals surface area (Å²) >= 11 is 11.4. The van der Waals surface area contributed by atoms with Gasteiger partial charge in [0.05, 0.1) is 6.04 Å². The molecule has 5 heteroatoms. The number of nitrogens with two attached hydrogens (primary N) is 1. The van der Waals surface area contributed by atoms with Crippen LogP contribution in [0.4, 0.5) is 0 Å². The van der Waals surface area contributed by atoms with E-state index in [1.807, 2.05) is 0 Å². The van der Waals surface area contributed by atoms with Gasteiger partial charge in [0.25, 0.3) is 0 Å². The molecule has 2 aliphatic rings. The largest absolute Gasteiger partial charge is 0.329 e. The van der Waals surface area contributed by atoms with Gasteiger partial charge in [0.2, 0.25) is 0 Å². The molecule has 1 aromatic heterocycles. The Hall–Kier alpha value is 0.390. The van der Waals surface area contributed by atoms with Crippen molar-refractivity contribution >= 4 is 38.9 Å². The summed E-state index contributed by atoms with van der Waals surface area (Å²) in [7, 11) is 0. The highest BCUT2D eigenvalue weighted by molar-refractivity contribution is 9.10. The van der Waals surface area contributed by atoms with Crippen LogP contribution in [0.3, 0.4) is 0 Å². The molecule has 0 radical (unpaired) electrons. The van der Waals surface area contributed by atoms with Gasteiger partial charge in [0.15, 0.2) is 0 Å².